The Bertz CT molecular complexity index is 702. The van der Waals surface area contributed by atoms with Crippen LogP contribution >= 0.6 is 11.6 Å². The summed E-state index contributed by atoms with van der Waals surface area (Å²) in [6, 6.07) is 11.3. The number of halogens is 1. The highest BCUT2D eigenvalue weighted by Crippen LogP contribution is 2.41. The number of hydrogen-bond donors (Lipinski definition) is 2. The number of aromatic nitrogens is 1. The molecule has 1 aromatic carbocycles. The molecular weight excluding hydrogens is 324 g/mol. The Labute approximate surface area is 147 Å². The number of aliphatic hydroxyl groups is 1. The first-order chi connectivity index (χ1) is 11.5. The Morgan fingerprint density at radius 3 is 2.54 bits per heavy atom. The standard InChI is InChI=1S/C19H23ClN2O2/c1-22-12-4-5-16(22)17(23)13-21-18(24)19(10-2-3-11-19)14-6-8-15(20)9-7-14/h4-9,12,17,23H,2-3,10-11,13H2,1H3,(H,21,24)/t17-/m1/s1. The zero-order valence-electron chi connectivity index (χ0n) is 13.8. The van der Waals surface area contributed by atoms with Gasteiger partial charge in [0.05, 0.1) is 5.41 Å². The molecule has 1 aromatic heterocycles. The second-order valence-corrected chi connectivity index (χ2v) is 7.00. The summed E-state index contributed by atoms with van der Waals surface area (Å²) in [7, 11) is 1.88. The van der Waals surface area contributed by atoms with Crippen LogP contribution in [0.15, 0.2) is 42.6 Å². The third kappa shape index (κ3) is 3.21. The van der Waals surface area contributed by atoms with E-state index in [2.05, 4.69) is 5.32 Å². The average Bonchev–Trinajstić information content (AvgIpc) is 3.23. The van der Waals surface area contributed by atoms with E-state index in [1.165, 1.54) is 0 Å². The molecule has 4 nitrogen and oxygen atoms in total. The summed E-state index contributed by atoms with van der Waals surface area (Å²) in [6.07, 6.45) is 4.92. The van der Waals surface area contributed by atoms with E-state index in [9.17, 15) is 9.90 Å². The van der Waals surface area contributed by atoms with Gasteiger partial charge in [-0.05, 0) is 42.7 Å². The lowest BCUT2D eigenvalue weighted by atomic mass is 9.78. The Morgan fingerprint density at radius 1 is 1.29 bits per heavy atom. The van der Waals surface area contributed by atoms with Crippen LogP contribution in [0.2, 0.25) is 5.02 Å². The maximum Gasteiger partial charge on any atom is 0.230 e. The van der Waals surface area contributed by atoms with Crippen LogP contribution in [-0.2, 0) is 17.3 Å². The third-order valence-corrected chi connectivity index (χ3v) is 5.32. The van der Waals surface area contributed by atoms with Crippen molar-refractivity contribution in [1.82, 2.24) is 9.88 Å². The molecular formula is C19H23ClN2O2. The molecule has 2 N–H and O–H groups in total. The van der Waals surface area contributed by atoms with E-state index in [0.717, 1.165) is 36.9 Å². The molecule has 5 heteroatoms. The van der Waals surface area contributed by atoms with Gasteiger partial charge in [0.2, 0.25) is 5.91 Å². The van der Waals surface area contributed by atoms with E-state index in [0.29, 0.717) is 5.02 Å². The number of carbonyl (C=O) groups is 1. The van der Waals surface area contributed by atoms with Crippen molar-refractivity contribution >= 4 is 17.5 Å². The highest BCUT2D eigenvalue weighted by molar-refractivity contribution is 6.30. The topological polar surface area (TPSA) is 54.3 Å². The number of nitrogens with zero attached hydrogens (tertiary/aromatic N) is 1. The van der Waals surface area contributed by atoms with Gasteiger partial charge in [-0.3, -0.25) is 4.79 Å². The first-order valence-electron chi connectivity index (χ1n) is 8.36. The smallest absolute Gasteiger partial charge is 0.230 e. The predicted molar refractivity (Wildman–Crippen MR) is 95.0 cm³/mol. The predicted octanol–water partition coefficient (Wildman–Crippen LogP) is 3.34. The molecule has 128 valence electrons. The SMILES string of the molecule is Cn1cccc1[C@H](O)CNC(=O)C1(c2ccc(Cl)cc2)CCCC1. The number of rotatable bonds is 5. The van der Waals surface area contributed by atoms with Crippen molar-refractivity contribution in [2.75, 3.05) is 6.54 Å². The van der Waals surface area contributed by atoms with Gasteiger partial charge in [-0.25, -0.2) is 0 Å². The van der Waals surface area contributed by atoms with Crippen LogP contribution in [0.5, 0.6) is 0 Å². The number of hydrogen-bond acceptors (Lipinski definition) is 2. The second-order valence-electron chi connectivity index (χ2n) is 6.57. The fourth-order valence-corrected chi connectivity index (χ4v) is 3.80. The summed E-state index contributed by atoms with van der Waals surface area (Å²) in [6.45, 7) is 0.214. The van der Waals surface area contributed by atoms with Crippen LogP contribution in [0.25, 0.3) is 0 Å². The molecule has 1 atom stereocenters. The molecule has 0 spiro atoms. The van der Waals surface area contributed by atoms with Crippen LogP contribution in [-0.4, -0.2) is 22.1 Å². The maximum absolute atomic E-state index is 12.9. The Morgan fingerprint density at radius 2 is 1.96 bits per heavy atom. The summed E-state index contributed by atoms with van der Waals surface area (Å²) < 4.78 is 1.86. The van der Waals surface area contributed by atoms with Crippen molar-refractivity contribution < 1.29 is 9.90 Å². The molecule has 0 saturated heterocycles. The zero-order valence-corrected chi connectivity index (χ0v) is 14.6. The average molecular weight is 347 g/mol. The minimum absolute atomic E-state index is 0.00409. The number of benzene rings is 1. The van der Waals surface area contributed by atoms with E-state index < -0.39 is 11.5 Å². The summed E-state index contributed by atoms with van der Waals surface area (Å²) in [5.41, 5.74) is 1.30. The number of amides is 1. The molecule has 2 aromatic rings. The number of aliphatic hydroxyl groups excluding tert-OH is 1. The molecule has 24 heavy (non-hydrogen) atoms. The molecule has 0 aliphatic heterocycles. The monoisotopic (exact) mass is 346 g/mol. The zero-order chi connectivity index (χ0) is 17.2. The van der Waals surface area contributed by atoms with Crippen molar-refractivity contribution in [3.8, 4) is 0 Å². The van der Waals surface area contributed by atoms with Gasteiger partial charge >= 0.3 is 0 Å². The normalized spacial score (nSPS) is 17.6. The Hall–Kier alpha value is -1.78. The van der Waals surface area contributed by atoms with Crippen LogP contribution in [0, 0.1) is 0 Å². The van der Waals surface area contributed by atoms with Gasteiger partial charge in [0.1, 0.15) is 6.10 Å². The highest BCUT2D eigenvalue weighted by Gasteiger charge is 2.42. The van der Waals surface area contributed by atoms with E-state index >= 15 is 0 Å². The fourth-order valence-electron chi connectivity index (χ4n) is 3.68. The molecule has 1 aliphatic rings. The minimum Gasteiger partial charge on any atom is -0.385 e. The first kappa shape index (κ1) is 17.1. The van der Waals surface area contributed by atoms with Gasteiger partial charge in [-0.15, -0.1) is 0 Å². The van der Waals surface area contributed by atoms with Gasteiger partial charge in [-0.1, -0.05) is 36.6 Å². The lowest BCUT2D eigenvalue weighted by molar-refractivity contribution is -0.127. The van der Waals surface area contributed by atoms with Gasteiger partial charge in [0.15, 0.2) is 0 Å². The molecule has 3 rings (SSSR count). The highest BCUT2D eigenvalue weighted by atomic mass is 35.5. The number of nitrogens with one attached hydrogen (secondary N) is 1. The molecule has 1 amide bonds. The van der Waals surface area contributed by atoms with E-state index in [1.807, 2.05) is 54.2 Å². The first-order valence-corrected chi connectivity index (χ1v) is 8.74. The summed E-state index contributed by atoms with van der Waals surface area (Å²) >= 11 is 5.98. The molecule has 1 heterocycles. The quantitative estimate of drug-likeness (QED) is 0.872. The second kappa shape index (κ2) is 6.99. The van der Waals surface area contributed by atoms with E-state index in [4.69, 9.17) is 11.6 Å². The molecule has 0 bridgehead atoms. The maximum atomic E-state index is 12.9. The molecule has 1 saturated carbocycles. The van der Waals surface area contributed by atoms with Crippen molar-refractivity contribution in [1.29, 1.82) is 0 Å². The van der Waals surface area contributed by atoms with Crippen molar-refractivity contribution in [3.05, 3.63) is 58.9 Å². The molecule has 0 unspecified atom stereocenters. The number of carbonyl (C=O) groups excluding carboxylic acids is 1. The summed E-state index contributed by atoms with van der Waals surface area (Å²) in [5.74, 6) is -0.00409. The largest absolute Gasteiger partial charge is 0.385 e. The lowest BCUT2D eigenvalue weighted by Crippen LogP contribution is -2.44. The third-order valence-electron chi connectivity index (χ3n) is 5.07. The van der Waals surface area contributed by atoms with Gasteiger partial charge in [0, 0.05) is 30.5 Å². The van der Waals surface area contributed by atoms with E-state index in [-0.39, 0.29) is 12.5 Å². The van der Waals surface area contributed by atoms with Crippen LogP contribution < -0.4 is 5.32 Å². The minimum atomic E-state index is -0.711. The molecule has 1 fully saturated rings. The fraction of sp³-hybridized carbons (Fsp3) is 0.421. The van der Waals surface area contributed by atoms with Crippen molar-refractivity contribution in [2.45, 2.75) is 37.2 Å². The van der Waals surface area contributed by atoms with Crippen molar-refractivity contribution in [3.63, 3.8) is 0 Å². The van der Waals surface area contributed by atoms with Gasteiger partial charge < -0.3 is 15.0 Å². The molecule has 0 radical (unpaired) electrons. The molecule has 1 aliphatic carbocycles. The van der Waals surface area contributed by atoms with Crippen LogP contribution in [0.3, 0.4) is 0 Å². The number of aryl methyl sites for hydroxylation is 1. The van der Waals surface area contributed by atoms with Crippen LogP contribution in [0.1, 0.15) is 43.0 Å². The summed E-state index contributed by atoms with van der Waals surface area (Å²) in [4.78, 5) is 12.9. The Kier molecular flexibility index (Phi) is 4.97. The van der Waals surface area contributed by atoms with E-state index in [1.54, 1.807) is 0 Å². The van der Waals surface area contributed by atoms with Gasteiger partial charge in [-0.2, -0.15) is 0 Å². The Balaban J connectivity index is 1.73. The van der Waals surface area contributed by atoms with Crippen molar-refractivity contribution in [2.24, 2.45) is 7.05 Å². The lowest BCUT2D eigenvalue weighted by Gasteiger charge is -2.29. The van der Waals surface area contributed by atoms with Gasteiger partial charge in [0.25, 0.3) is 0 Å². The summed E-state index contributed by atoms with van der Waals surface area (Å²) in [5, 5.41) is 14.0. The van der Waals surface area contributed by atoms with Crippen LogP contribution in [0.4, 0.5) is 0 Å².